The standard InChI is InChI=1S/C15H15NO/c1-12(10-13-6-5-9-16-11-13)15(17)14-7-3-2-4-8-14/h2-9,11-12H,10H2,1H3. The van der Waals surface area contributed by atoms with E-state index in [1.54, 1.807) is 6.20 Å². The molecule has 2 rings (SSSR count). The topological polar surface area (TPSA) is 30.0 Å². The predicted molar refractivity (Wildman–Crippen MR) is 67.9 cm³/mol. The van der Waals surface area contributed by atoms with Crippen molar-refractivity contribution in [1.29, 1.82) is 0 Å². The number of aromatic nitrogens is 1. The average molecular weight is 225 g/mol. The molecule has 0 aliphatic heterocycles. The van der Waals surface area contributed by atoms with Crippen molar-refractivity contribution >= 4 is 5.78 Å². The monoisotopic (exact) mass is 225 g/mol. The zero-order valence-corrected chi connectivity index (χ0v) is 9.84. The Hall–Kier alpha value is -1.96. The van der Waals surface area contributed by atoms with Gasteiger partial charge in [-0.1, -0.05) is 43.3 Å². The maximum absolute atomic E-state index is 12.1. The van der Waals surface area contributed by atoms with Crippen molar-refractivity contribution < 1.29 is 4.79 Å². The van der Waals surface area contributed by atoms with Crippen LogP contribution in [0.4, 0.5) is 0 Å². The fourth-order valence-corrected chi connectivity index (χ4v) is 1.85. The first-order valence-corrected chi connectivity index (χ1v) is 5.75. The van der Waals surface area contributed by atoms with Gasteiger partial charge in [0.05, 0.1) is 0 Å². The van der Waals surface area contributed by atoms with Gasteiger partial charge in [0.1, 0.15) is 0 Å². The van der Waals surface area contributed by atoms with Crippen LogP contribution in [0.3, 0.4) is 0 Å². The van der Waals surface area contributed by atoms with E-state index in [2.05, 4.69) is 4.98 Å². The van der Waals surface area contributed by atoms with Crippen molar-refractivity contribution in [2.45, 2.75) is 13.3 Å². The van der Waals surface area contributed by atoms with Gasteiger partial charge in [0.2, 0.25) is 0 Å². The van der Waals surface area contributed by atoms with E-state index in [1.165, 1.54) is 0 Å². The van der Waals surface area contributed by atoms with E-state index in [0.29, 0.717) is 0 Å². The lowest BCUT2D eigenvalue weighted by molar-refractivity contribution is 0.0929. The van der Waals surface area contributed by atoms with Crippen LogP contribution in [0.1, 0.15) is 22.8 Å². The lowest BCUT2D eigenvalue weighted by atomic mass is 9.94. The van der Waals surface area contributed by atoms with Gasteiger partial charge in [-0.2, -0.15) is 0 Å². The number of nitrogens with zero attached hydrogens (tertiary/aromatic N) is 1. The van der Waals surface area contributed by atoms with Crippen LogP contribution in [0.15, 0.2) is 54.9 Å². The van der Waals surface area contributed by atoms with Crippen LogP contribution in [-0.2, 0) is 6.42 Å². The smallest absolute Gasteiger partial charge is 0.165 e. The van der Waals surface area contributed by atoms with Crippen LogP contribution in [0.5, 0.6) is 0 Å². The second-order valence-corrected chi connectivity index (χ2v) is 4.20. The fraction of sp³-hybridized carbons (Fsp3) is 0.200. The Morgan fingerprint density at radius 3 is 2.59 bits per heavy atom. The van der Waals surface area contributed by atoms with Crippen LogP contribution < -0.4 is 0 Å². The fourth-order valence-electron chi connectivity index (χ4n) is 1.85. The van der Waals surface area contributed by atoms with E-state index in [4.69, 9.17) is 0 Å². The van der Waals surface area contributed by atoms with Crippen molar-refractivity contribution in [1.82, 2.24) is 4.98 Å². The molecule has 0 amide bonds. The Bertz CT molecular complexity index is 479. The minimum Gasteiger partial charge on any atom is -0.294 e. The molecule has 0 aliphatic carbocycles. The molecule has 1 atom stereocenters. The van der Waals surface area contributed by atoms with Crippen LogP contribution in [-0.4, -0.2) is 10.8 Å². The number of ketones is 1. The summed E-state index contributed by atoms with van der Waals surface area (Å²) in [7, 11) is 0. The molecule has 0 N–H and O–H groups in total. The molecule has 2 nitrogen and oxygen atoms in total. The third kappa shape index (κ3) is 3.00. The van der Waals surface area contributed by atoms with Gasteiger partial charge in [-0.15, -0.1) is 0 Å². The number of rotatable bonds is 4. The molecule has 2 aromatic rings. The molecule has 1 aromatic heterocycles. The molecule has 0 aliphatic rings. The highest BCUT2D eigenvalue weighted by Crippen LogP contribution is 2.13. The lowest BCUT2D eigenvalue weighted by Crippen LogP contribution is -2.13. The number of benzene rings is 1. The summed E-state index contributed by atoms with van der Waals surface area (Å²) in [5, 5.41) is 0. The maximum Gasteiger partial charge on any atom is 0.165 e. The Balaban J connectivity index is 2.06. The molecule has 86 valence electrons. The summed E-state index contributed by atoms with van der Waals surface area (Å²) in [4.78, 5) is 16.2. The van der Waals surface area contributed by atoms with Crippen LogP contribution in [0, 0.1) is 5.92 Å². The second kappa shape index (κ2) is 5.39. The first-order chi connectivity index (χ1) is 8.27. The van der Waals surface area contributed by atoms with Crippen LogP contribution in [0.25, 0.3) is 0 Å². The molecular weight excluding hydrogens is 210 g/mol. The molecule has 0 fully saturated rings. The van der Waals surface area contributed by atoms with Gasteiger partial charge in [-0.05, 0) is 18.1 Å². The Morgan fingerprint density at radius 1 is 1.18 bits per heavy atom. The lowest BCUT2D eigenvalue weighted by Gasteiger charge is -2.10. The molecule has 1 unspecified atom stereocenters. The summed E-state index contributed by atoms with van der Waals surface area (Å²) in [5.74, 6) is 0.177. The molecule has 2 heteroatoms. The highest BCUT2D eigenvalue weighted by Gasteiger charge is 2.15. The molecule has 1 heterocycles. The highest BCUT2D eigenvalue weighted by atomic mass is 16.1. The molecule has 0 saturated heterocycles. The third-order valence-corrected chi connectivity index (χ3v) is 2.77. The van der Waals surface area contributed by atoms with E-state index < -0.39 is 0 Å². The van der Waals surface area contributed by atoms with Crippen molar-refractivity contribution in [3.05, 3.63) is 66.0 Å². The zero-order chi connectivity index (χ0) is 12.1. The third-order valence-electron chi connectivity index (χ3n) is 2.77. The number of Topliss-reactive ketones (excluding diaryl/α,β-unsaturated/α-hetero) is 1. The van der Waals surface area contributed by atoms with Gasteiger partial charge in [0.15, 0.2) is 5.78 Å². The molecule has 0 spiro atoms. The summed E-state index contributed by atoms with van der Waals surface area (Å²) in [5.41, 5.74) is 1.88. The van der Waals surface area contributed by atoms with Gasteiger partial charge in [0.25, 0.3) is 0 Å². The molecule has 0 saturated carbocycles. The highest BCUT2D eigenvalue weighted by molar-refractivity contribution is 5.97. The van der Waals surface area contributed by atoms with Gasteiger partial charge >= 0.3 is 0 Å². The van der Waals surface area contributed by atoms with Crippen molar-refractivity contribution in [2.24, 2.45) is 5.92 Å². The van der Waals surface area contributed by atoms with Gasteiger partial charge in [0, 0.05) is 23.9 Å². The Morgan fingerprint density at radius 2 is 1.94 bits per heavy atom. The second-order valence-electron chi connectivity index (χ2n) is 4.20. The maximum atomic E-state index is 12.1. The van der Waals surface area contributed by atoms with Crippen molar-refractivity contribution in [3.8, 4) is 0 Å². The summed E-state index contributed by atoms with van der Waals surface area (Å²) >= 11 is 0. The van der Waals surface area contributed by atoms with Crippen LogP contribution in [0.2, 0.25) is 0 Å². The minimum absolute atomic E-state index is 0.0124. The number of carbonyl (C=O) groups is 1. The van der Waals surface area contributed by atoms with E-state index in [1.807, 2.05) is 55.6 Å². The zero-order valence-electron chi connectivity index (χ0n) is 9.84. The molecule has 17 heavy (non-hydrogen) atoms. The molecule has 0 radical (unpaired) electrons. The first-order valence-electron chi connectivity index (χ1n) is 5.75. The van der Waals surface area contributed by atoms with E-state index in [-0.39, 0.29) is 11.7 Å². The van der Waals surface area contributed by atoms with Gasteiger partial charge in [-0.25, -0.2) is 0 Å². The van der Waals surface area contributed by atoms with Crippen molar-refractivity contribution in [3.63, 3.8) is 0 Å². The number of hydrogen-bond donors (Lipinski definition) is 0. The Kier molecular flexibility index (Phi) is 3.66. The normalized spacial score (nSPS) is 12.1. The molecule has 0 bridgehead atoms. The molecular formula is C15H15NO. The van der Waals surface area contributed by atoms with Crippen molar-refractivity contribution in [2.75, 3.05) is 0 Å². The van der Waals surface area contributed by atoms with Gasteiger partial charge in [-0.3, -0.25) is 9.78 Å². The minimum atomic E-state index is -0.0124. The SMILES string of the molecule is CC(Cc1cccnc1)C(=O)c1ccccc1. The summed E-state index contributed by atoms with van der Waals surface area (Å²) < 4.78 is 0. The van der Waals surface area contributed by atoms with Crippen LogP contribution >= 0.6 is 0 Å². The van der Waals surface area contributed by atoms with Gasteiger partial charge < -0.3 is 0 Å². The average Bonchev–Trinajstić information content (AvgIpc) is 2.40. The summed E-state index contributed by atoms with van der Waals surface area (Å²) in [6.07, 6.45) is 4.30. The number of hydrogen-bond acceptors (Lipinski definition) is 2. The van der Waals surface area contributed by atoms with E-state index in [0.717, 1.165) is 17.5 Å². The molecule has 1 aromatic carbocycles. The number of carbonyl (C=O) groups excluding carboxylic acids is 1. The Labute approximate surface area is 101 Å². The summed E-state index contributed by atoms with van der Waals surface area (Å²) in [6, 6.07) is 13.3. The van der Waals surface area contributed by atoms with E-state index in [9.17, 15) is 4.79 Å². The van der Waals surface area contributed by atoms with E-state index >= 15 is 0 Å². The number of pyridine rings is 1. The predicted octanol–water partition coefficient (Wildman–Crippen LogP) is 3.14. The largest absolute Gasteiger partial charge is 0.294 e. The quantitative estimate of drug-likeness (QED) is 0.748. The first kappa shape index (κ1) is 11.5. The summed E-state index contributed by atoms with van der Waals surface area (Å²) in [6.45, 7) is 1.96.